The van der Waals surface area contributed by atoms with E-state index in [1.807, 2.05) is 0 Å². The first-order valence-corrected chi connectivity index (χ1v) is 10.8. The molecule has 0 spiro atoms. The lowest BCUT2D eigenvalue weighted by atomic mass is 10.1. The van der Waals surface area contributed by atoms with Crippen LogP contribution in [0.1, 0.15) is 16.7 Å². The number of hydrogen-bond donors (Lipinski definition) is 0. The molecule has 3 aromatic rings. The van der Waals surface area contributed by atoms with E-state index in [-0.39, 0.29) is 34.5 Å². The van der Waals surface area contributed by atoms with Crippen LogP contribution >= 0.6 is 23.4 Å². The minimum Gasteiger partial charge on any atom is -0.489 e. The van der Waals surface area contributed by atoms with Gasteiger partial charge >= 0.3 is 0 Å². The minimum absolute atomic E-state index is 0.0916. The smallest absolute Gasteiger partial charge is 0.293 e. The van der Waals surface area contributed by atoms with E-state index < -0.39 is 17.0 Å². The molecule has 2 amide bonds. The normalized spacial score (nSPS) is 15.0. The van der Waals surface area contributed by atoms with Gasteiger partial charge in [-0.25, -0.2) is 8.78 Å². The lowest BCUT2D eigenvalue weighted by molar-refractivity contribution is -0.123. The standard InChI is InChI=1S/C24H16ClF2NO3S/c25-20-5-2-6-21(27)19(20)13-28-23(29)22(32-24(28)30)12-16-3-1-4-18(11-16)31-14-15-7-9-17(26)10-8-15/h1-12H,13-14H2/b22-12+. The molecule has 0 radical (unpaired) electrons. The van der Waals surface area contributed by atoms with Gasteiger partial charge in [-0.1, -0.05) is 41.9 Å². The fourth-order valence-corrected chi connectivity index (χ4v) is 4.13. The highest BCUT2D eigenvalue weighted by molar-refractivity contribution is 8.18. The maximum absolute atomic E-state index is 14.1. The first kappa shape index (κ1) is 22.0. The van der Waals surface area contributed by atoms with E-state index in [1.54, 1.807) is 42.5 Å². The van der Waals surface area contributed by atoms with Crippen LogP contribution < -0.4 is 4.74 Å². The molecule has 32 heavy (non-hydrogen) atoms. The molecule has 1 fully saturated rings. The Bertz CT molecular complexity index is 1190. The molecule has 1 saturated heterocycles. The van der Waals surface area contributed by atoms with Crippen LogP contribution in [0.3, 0.4) is 0 Å². The van der Waals surface area contributed by atoms with Crippen molar-refractivity contribution in [3.05, 3.63) is 105 Å². The molecule has 4 rings (SSSR count). The fraction of sp³-hybridized carbons (Fsp3) is 0.0833. The molecular weight excluding hydrogens is 456 g/mol. The van der Waals surface area contributed by atoms with Crippen molar-refractivity contribution < 1.29 is 23.1 Å². The van der Waals surface area contributed by atoms with Gasteiger partial charge in [0.25, 0.3) is 11.1 Å². The Balaban J connectivity index is 1.48. The summed E-state index contributed by atoms with van der Waals surface area (Å²) in [5.41, 5.74) is 1.56. The Morgan fingerprint density at radius 1 is 1.00 bits per heavy atom. The van der Waals surface area contributed by atoms with Crippen LogP contribution in [0.25, 0.3) is 6.08 Å². The molecule has 1 heterocycles. The molecule has 3 aromatic carbocycles. The summed E-state index contributed by atoms with van der Waals surface area (Å²) in [6.45, 7) is 0.0119. The van der Waals surface area contributed by atoms with Gasteiger partial charge in [0.1, 0.15) is 24.0 Å². The molecule has 1 aliphatic heterocycles. The molecule has 0 bridgehead atoms. The van der Waals surface area contributed by atoms with Crippen LogP contribution in [0.2, 0.25) is 5.02 Å². The molecular formula is C24H16ClF2NO3S. The van der Waals surface area contributed by atoms with E-state index >= 15 is 0 Å². The van der Waals surface area contributed by atoms with E-state index in [9.17, 15) is 18.4 Å². The number of rotatable bonds is 6. The van der Waals surface area contributed by atoms with E-state index in [4.69, 9.17) is 16.3 Å². The molecule has 8 heteroatoms. The summed E-state index contributed by atoms with van der Waals surface area (Å²) in [5.74, 6) is -0.856. The fourth-order valence-electron chi connectivity index (χ4n) is 3.07. The van der Waals surface area contributed by atoms with Crippen molar-refractivity contribution in [1.29, 1.82) is 0 Å². The molecule has 0 atom stereocenters. The molecule has 0 aliphatic carbocycles. The maximum atomic E-state index is 14.1. The van der Waals surface area contributed by atoms with Crippen LogP contribution in [0, 0.1) is 11.6 Å². The Morgan fingerprint density at radius 2 is 1.75 bits per heavy atom. The number of imide groups is 1. The first-order chi connectivity index (χ1) is 15.4. The van der Waals surface area contributed by atoms with Gasteiger partial charge in [0.05, 0.1) is 11.4 Å². The van der Waals surface area contributed by atoms with E-state index in [2.05, 4.69) is 0 Å². The number of halogens is 3. The van der Waals surface area contributed by atoms with Crippen molar-refractivity contribution in [1.82, 2.24) is 4.90 Å². The van der Waals surface area contributed by atoms with Crippen LogP contribution in [0.15, 0.2) is 71.6 Å². The summed E-state index contributed by atoms with van der Waals surface area (Å²) in [4.78, 5) is 26.3. The van der Waals surface area contributed by atoms with Gasteiger partial charge in [-0.15, -0.1) is 0 Å². The van der Waals surface area contributed by atoms with Crippen LogP contribution in [0.4, 0.5) is 13.6 Å². The Kier molecular flexibility index (Phi) is 6.58. The third kappa shape index (κ3) is 5.00. The predicted octanol–water partition coefficient (Wildman–Crippen LogP) is 6.43. The van der Waals surface area contributed by atoms with Crippen molar-refractivity contribution in [2.45, 2.75) is 13.2 Å². The van der Waals surface area contributed by atoms with Crippen molar-refractivity contribution in [3.8, 4) is 5.75 Å². The molecule has 0 saturated carbocycles. The van der Waals surface area contributed by atoms with Crippen LogP contribution in [-0.2, 0) is 17.9 Å². The number of amides is 2. The van der Waals surface area contributed by atoms with Gasteiger partial charge in [-0.3, -0.25) is 14.5 Å². The number of ether oxygens (including phenoxy) is 1. The zero-order valence-electron chi connectivity index (χ0n) is 16.6. The van der Waals surface area contributed by atoms with Crippen molar-refractivity contribution >= 4 is 40.6 Å². The average molecular weight is 472 g/mol. The molecule has 1 aliphatic rings. The van der Waals surface area contributed by atoms with Gasteiger partial charge in [0.2, 0.25) is 0 Å². The Labute approximate surface area is 192 Å². The van der Waals surface area contributed by atoms with Gasteiger partial charge in [0.15, 0.2) is 0 Å². The van der Waals surface area contributed by atoms with Gasteiger partial charge in [0, 0.05) is 10.6 Å². The van der Waals surface area contributed by atoms with E-state index in [0.717, 1.165) is 22.2 Å². The topological polar surface area (TPSA) is 46.6 Å². The number of thioether (sulfide) groups is 1. The van der Waals surface area contributed by atoms with Crippen LogP contribution in [-0.4, -0.2) is 16.0 Å². The first-order valence-electron chi connectivity index (χ1n) is 9.56. The zero-order valence-corrected chi connectivity index (χ0v) is 18.1. The SMILES string of the molecule is O=C1S/C(=C/c2cccc(OCc3ccc(F)cc3)c2)C(=O)N1Cc1c(F)cccc1Cl. The van der Waals surface area contributed by atoms with E-state index in [0.29, 0.717) is 11.3 Å². The third-order valence-electron chi connectivity index (χ3n) is 4.73. The second-order valence-corrected chi connectivity index (χ2v) is 8.36. The lowest BCUT2D eigenvalue weighted by Gasteiger charge is -2.14. The second-order valence-electron chi connectivity index (χ2n) is 6.96. The Hall–Kier alpha value is -3.16. The summed E-state index contributed by atoms with van der Waals surface area (Å²) in [6, 6.07) is 17.2. The number of hydrogen-bond acceptors (Lipinski definition) is 4. The molecule has 4 nitrogen and oxygen atoms in total. The number of carbonyl (C=O) groups excluding carboxylic acids is 2. The molecule has 0 unspecified atom stereocenters. The quantitative estimate of drug-likeness (QED) is 0.388. The molecule has 0 N–H and O–H groups in total. The minimum atomic E-state index is -0.577. The maximum Gasteiger partial charge on any atom is 0.293 e. The summed E-state index contributed by atoms with van der Waals surface area (Å²) < 4.78 is 32.8. The average Bonchev–Trinajstić information content (AvgIpc) is 3.03. The second kappa shape index (κ2) is 9.54. The third-order valence-corrected chi connectivity index (χ3v) is 5.99. The summed E-state index contributed by atoms with van der Waals surface area (Å²) >= 11 is 6.81. The van der Waals surface area contributed by atoms with Gasteiger partial charge < -0.3 is 4.74 Å². The zero-order chi connectivity index (χ0) is 22.7. The summed E-state index contributed by atoms with van der Waals surface area (Å²) in [5, 5.41) is -0.344. The molecule has 0 aromatic heterocycles. The monoisotopic (exact) mass is 471 g/mol. The number of nitrogens with zero attached hydrogens (tertiary/aromatic N) is 1. The van der Waals surface area contributed by atoms with Crippen molar-refractivity contribution in [3.63, 3.8) is 0 Å². The van der Waals surface area contributed by atoms with Crippen molar-refractivity contribution in [2.75, 3.05) is 0 Å². The highest BCUT2D eigenvalue weighted by Crippen LogP contribution is 2.35. The largest absolute Gasteiger partial charge is 0.489 e. The van der Waals surface area contributed by atoms with Gasteiger partial charge in [-0.05, 0) is 65.4 Å². The number of benzene rings is 3. The summed E-state index contributed by atoms with van der Waals surface area (Å²) in [7, 11) is 0. The van der Waals surface area contributed by atoms with E-state index in [1.165, 1.54) is 30.3 Å². The van der Waals surface area contributed by atoms with Crippen molar-refractivity contribution in [2.24, 2.45) is 0 Å². The van der Waals surface area contributed by atoms with Gasteiger partial charge in [-0.2, -0.15) is 0 Å². The number of carbonyl (C=O) groups is 2. The van der Waals surface area contributed by atoms with Crippen LogP contribution in [0.5, 0.6) is 5.75 Å². The Morgan fingerprint density at radius 3 is 2.50 bits per heavy atom. The highest BCUT2D eigenvalue weighted by Gasteiger charge is 2.35. The highest BCUT2D eigenvalue weighted by atomic mass is 35.5. The summed E-state index contributed by atoms with van der Waals surface area (Å²) in [6.07, 6.45) is 1.58. The lowest BCUT2D eigenvalue weighted by Crippen LogP contribution is -2.28. The molecule has 162 valence electrons. The predicted molar refractivity (Wildman–Crippen MR) is 120 cm³/mol.